The van der Waals surface area contributed by atoms with Gasteiger partial charge in [0.05, 0.1) is 48.0 Å². The van der Waals surface area contributed by atoms with Crippen molar-refractivity contribution in [3.63, 3.8) is 0 Å². The largest absolute Gasteiger partial charge is 0.868 e. The Morgan fingerprint density at radius 3 is 2.59 bits per heavy atom. The van der Waals surface area contributed by atoms with E-state index in [9.17, 15) is 14.7 Å². The first kappa shape index (κ1) is 24.4. The highest BCUT2D eigenvalue weighted by Gasteiger charge is 2.40. The predicted molar refractivity (Wildman–Crippen MR) is 126 cm³/mol. The molecule has 1 saturated heterocycles. The second-order valence-corrected chi connectivity index (χ2v) is 9.79. The molecule has 0 spiro atoms. The predicted octanol–water partition coefficient (Wildman–Crippen LogP) is 0.844. The van der Waals surface area contributed by atoms with E-state index in [2.05, 4.69) is 4.98 Å². The van der Waals surface area contributed by atoms with E-state index in [-0.39, 0.29) is 5.57 Å². The van der Waals surface area contributed by atoms with Crippen LogP contribution in [0.5, 0.6) is 5.75 Å². The van der Waals surface area contributed by atoms with E-state index in [1.54, 1.807) is 11.8 Å². The maximum atomic E-state index is 13.5. The highest BCUT2D eigenvalue weighted by atomic mass is 32.1. The number of nitrogens with zero attached hydrogens (tertiary/aromatic N) is 2. The number of hydrogen-bond acceptors (Lipinski definition) is 7. The average molecular weight is 486 g/mol. The van der Waals surface area contributed by atoms with Crippen molar-refractivity contribution in [1.82, 2.24) is 9.88 Å². The van der Waals surface area contributed by atoms with Crippen LogP contribution in [-0.4, -0.2) is 67.6 Å². The number of nitrogens with one attached hydrogen (secondary N) is 1. The van der Waals surface area contributed by atoms with E-state index in [0.717, 1.165) is 49.8 Å². The molecule has 34 heavy (non-hydrogen) atoms. The number of hydrogen-bond donors (Lipinski definition) is 1. The molecule has 0 bridgehead atoms. The number of rotatable bonds is 9. The van der Waals surface area contributed by atoms with Gasteiger partial charge in [0.2, 0.25) is 11.7 Å². The van der Waals surface area contributed by atoms with Gasteiger partial charge in [-0.15, -0.1) is 11.3 Å². The number of carbonyl (C=O) groups excluding carboxylic acids is 2. The van der Waals surface area contributed by atoms with Crippen molar-refractivity contribution >= 4 is 23.0 Å². The van der Waals surface area contributed by atoms with Gasteiger partial charge >= 0.3 is 0 Å². The fraction of sp³-hybridized carbons (Fsp3) is 0.480. The summed E-state index contributed by atoms with van der Waals surface area (Å²) in [5, 5.41) is 13.9. The van der Waals surface area contributed by atoms with Gasteiger partial charge in [-0.05, 0) is 44.2 Å². The summed E-state index contributed by atoms with van der Waals surface area (Å²) in [6.07, 6.45) is 0.738. The smallest absolute Gasteiger partial charge is 0.239 e. The van der Waals surface area contributed by atoms with E-state index < -0.39 is 23.5 Å². The van der Waals surface area contributed by atoms with Crippen molar-refractivity contribution < 1.29 is 29.1 Å². The normalized spacial score (nSPS) is 19.2. The molecule has 9 heteroatoms. The van der Waals surface area contributed by atoms with Crippen LogP contribution in [0.3, 0.4) is 0 Å². The van der Waals surface area contributed by atoms with Crippen LogP contribution in [-0.2, 0) is 9.53 Å². The molecule has 8 nitrogen and oxygen atoms in total. The fourth-order valence-corrected chi connectivity index (χ4v) is 5.51. The molecule has 1 amide bonds. The first-order valence-electron chi connectivity index (χ1n) is 11.8. The van der Waals surface area contributed by atoms with Gasteiger partial charge in [0.1, 0.15) is 18.8 Å². The maximum absolute atomic E-state index is 13.5. The molecular formula is C25H31N3O5S. The van der Waals surface area contributed by atoms with Crippen LogP contribution in [0.1, 0.15) is 45.3 Å². The summed E-state index contributed by atoms with van der Waals surface area (Å²) in [6.45, 7) is 10.7. The van der Waals surface area contributed by atoms with Crippen LogP contribution in [0.15, 0.2) is 35.6 Å². The summed E-state index contributed by atoms with van der Waals surface area (Å²) in [4.78, 5) is 34.4. The third-order valence-corrected chi connectivity index (χ3v) is 7.35. The van der Waals surface area contributed by atoms with E-state index in [0.29, 0.717) is 29.5 Å². The minimum Gasteiger partial charge on any atom is -0.868 e. The van der Waals surface area contributed by atoms with Gasteiger partial charge in [0, 0.05) is 18.5 Å². The molecular weight excluding hydrogens is 454 g/mol. The number of ether oxygens (including phenoxy) is 2. The van der Waals surface area contributed by atoms with Crippen molar-refractivity contribution in [2.24, 2.45) is 0 Å². The number of carbonyl (C=O) groups is 2. The number of ketones is 1. The molecule has 3 heterocycles. The zero-order chi connectivity index (χ0) is 24.2. The zero-order valence-electron chi connectivity index (χ0n) is 19.9. The minimum atomic E-state index is -0.718. The molecule has 1 aromatic heterocycles. The third-order valence-electron chi connectivity index (χ3n) is 6.28. The van der Waals surface area contributed by atoms with Gasteiger partial charge in [-0.3, -0.25) is 9.59 Å². The van der Waals surface area contributed by atoms with E-state index in [1.165, 1.54) is 16.2 Å². The Bertz CT molecular complexity index is 1070. The van der Waals surface area contributed by atoms with Crippen LogP contribution in [0.25, 0.3) is 0 Å². The summed E-state index contributed by atoms with van der Waals surface area (Å²) in [5.41, 5.74) is 1.32. The second kappa shape index (κ2) is 10.7. The summed E-state index contributed by atoms with van der Waals surface area (Å²) >= 11 is 1.26. The van der Waals surface area contributed by atoms with Gasteiger partial charge in [-0.25, -0.2) is 4.98 Å². The highest BCUT2D eigenvalue weighted by molar-refractivity contribution is 7.14. The van der Waals surface area contributed by atoms with E-state index in [4.69, 9.17) is 9.47 Å². The Kier molecular flexibility index (Phi) is 7.65. The van der Waals surface area contributed by atoms with Gasteiger partial charge in [-0.2, -0.15) is 0 Å². The lowest BCUT2D eigenvalue weighted by atomic mass is 9.95. The van der Waals surface area contributed by atoms with Crippen molar-refractivity contribution in [2.45, 2.75) is 33.2 Å². The van der Waals surface area contributed by atoms with Crippen molar-refractivity contribution in [1.29, 1.82) is 0 Å². The molecule has 0 saturated carbocycles. The topological polar surface area (TPSA) is 96.2 Å². The Hall–Kier alpha value is -2.75. The van der Waals surface area contributed by atoms with E-state index >= 15 is 0 Å². The number of morpholine rings is 1. The summed E-state index contributed by atoms with van der Waals surface area (Å²) in [5.74, 6) is -1.03. The molecule has 2 aliphatic rings. The Morgan fingerprint density at radius 1 is 1.26 bits per heavy atom. The second-order valence-electron chi connectivity index (χ2n) is 8.59. The Morgan fingerprint density at radius 2 is 1.97 bits per heavy atom. The first-order chi connectivity index (χ1) is 16.4. The quantitative estimate of drug-likeness (QED) is 0.529. The minimum absolute atomic E-state index is 0.0135. The van der Waals surface area contributed by atoms with Crippen molar-refractivity contribution in [3.8, 4) is 5.75 Å². The lowest BCUT2D eigenvalue weighted by molar-refractivity contribution is -0.908. The van der Waals surface area contributed by atoms with Crippen molar-refractivity contribution in [2.75, 3.05) is 46.0 Å². The Labute approximate surface area is 203 Å². The summed E-state index contributed by atoms with van der Waals surface area (Å²) in [6, 6.07) is 6.57. The molecule has 1 aromatic carbocycles. The molecule has 182 valence electrons. The number of thiazole rings is 1. The summed E-state index contributed by atoms with van der Waals surface area (Å²) < 4.78 is 11.0. The highest BCUT2D eigenvalue weighted by Crippen LogP contribution is 2.39. The van der Waals surface area contributed by atoms with Crippen molar-refractivity contribution in [3.05, 3.63) is 56.7 Å². The summed E-state index contributed by atoms with van der Waals surface area (Å²) in [7, 11) is 0. The van der Waals surface area contributed by atoms with Crippen LogP contribution in [0.4, 0.5) is 0 Å². The molecule has 2 aliphatic heterocycles. The van der Waals surface area contributed by atoms with Crippen LogP contribution >= 0.6 is 11.3 Å². The number of aryl methyl sites for hydroxylation is 2. The van der Waals surface area contributed by atoms with Gasteiger partial charge in [0.25, 0.3) is 0 Å². The molecule has 2 aromatic rings. The molecule has 1 unspecified atom stereocenters. The third kappa shape index (κ3) is 5.01. The number of benzene rings is 1. The number of aromatic nitrogens is 1. The molecule has 0 aliphatic carbocycles. The van der Waals surface area contributed by atoms with Gasteiger partial charge < -0.3 is 24.4 Å². The lowest BCUT2D eigenvalue weighted by Gasteiger charge is -2.29. The Balaban J connectivity index is 1.63. The average Bonchev–Trinajstić information content (AvgIpc) is 3.30. The fourth-order valence-electron chi connectivity index (χ4n) is 4.63. The lowest BCUT2D eigenvalue weighted by Crippen LogP contribution is -3.14. The van der Waals surface area contributed by atoms with Gasteiger partial charge in [0.15, 0.2) is 0 Å². The maximum Gasteiger partial charge on any atom is 0.239 e. The monoisotopic (exact) mass is 485 g/mol. The first-order valence-corrected chi connectivity index (χ1v) is 12.6. The van der Waals surface area contributed by atoms with Crippen LogP contribution < -0.4 is 14.7 Å². The number of amides is 1. The molecule has 1 fully saturated rings. The zero-order valence-corrected chi connectivity index (χ0v) is 20.7. The SMILES string of the molecule is CCOc1ccc(C2C(C(=O)c3sc(C)nc3C)=C([O-])C(=O)N2CCC[NH+]2CCOCC2)cc1. The molecule has 0 radical (unpaired) electrons. The molecule has 1 N–H and O–H groups in total. The molecule has 1 atom stereocenters. The standard InChI is InChI=1S/C25H31N3O5S/c1-4-33-19-8-6-18(7-9-19)21-20(22(29)24-16(2)26-17(3)34-24)23(30)25(31)28(21)11-5-10-27-12-14-32-15-13-27/h6-9,21,30H,4-5,10-15H2,1-3H3. The van der Waals surface area contributed by atoms with Crippen LogP contribution in [0, 0.1) is 13.8 Å². The van der Waals surface area contributed by atoms with Gasteiger partial charge in [-0.1, -0.05) is 12.1 Å². The molecule has 4 rings (SSSR count). The number of Topliss-reactive ketones (excluding diaryl/α,β-unsaturated/α-hetero) is 1. The van der Waals surface area contributed by atoms with Crippen LogP contribution in [0.2, 0.25) is 0 Å². The van der Waals surface area contributed by atoms with E-state index in [1.807, 2.05) is 38.1 Å². The number of quaternary nitrogens is 1.